The Morgan fingerprint density at radius 2 is 1.27 bits per heavy atom. The van der Waals surface area contributed by atoms with Gasteiger partial charge in [-0.25, -0.2) is 0 Å². The topological polar surface area (TPSA) is 57.5 Å². The zero-order chi connectivity index (χ0) is 15.2. The van der Waals surface area contributed by atoms with Crippen LogP contribution in [0.2, 0.25) is 0 Å². The average Bonchev–Trinajstić information content (AvgIpc) is 2.50. The highest BCUT2D eigenvalue weighted by atomic mass is 16.0. The van der Waals surface area contributed by atoms with Gasteiger partial charge < -0.3 is 11.2 Å². The third kappa shape index (κ3) is 11.8. The van der Waals surface area contributed by atoms with Gasteiger partial charge in [0.25, 0.3) is 0 Å². The van der Waals surface area contributed by atoms with Crippen LogP contribution in [0, 0.1) is 0 Å². The first-order valence-corrected chi connectivity index (χ1v) is 9.12. The van der Waals surface area contributed by atoms with Crippen LogP contribution in [0.5, 0.6) is 0 Å². The smallest absolute Gasteiger partial charge is 0.00793 e. The molecule has 128 valence electrons. The van der Waals surface area contributed by atoms with Gasteiger partial charge in [0.15, 0.2) is 0 Å². The fourth-order valence-electron chi connectivity index (χ4n) is 2.91. The second kappa shape index (κ2) is 15.1. The van der Waals surface area contributed by atoms with Crippen molar-refractivity contribution in [3.05, 3.63) is 35.9 Å². The Kier molecular flexibility index (Phi) is 14.5. The molecular weight excluding hydrogens is 270 g/mol. The van der Waals surface area contributed by atoms with E-state index in [1.54, 1.807) is 0 Å². The second-order valence-corrected chi connectivity index (χ2v) is 6.42. The van der Waals surface area contributed by atoms with Crippen molar-refractivity contribution in [3.8, 4) is 0 Å². The van der Waals surface area contributed by atoms with E-state index >= 15 is 0 Å². The molecule has 1 aromatic rings. The molecule has 4 N–H and O–H groups in total. The van der Waals surface area contributed by atoms with E-state index in [9.17, 15) is 0 Å². The van der Waals surface area contributed by atoms with Crippen molar-refractivity contribution in [1.82, 2.24) is 0 Å². The van der Waals surface area contributed by atoms with Gasteiger partial charge in [0.1, 0.15) is 0 Å². The molecule has 0 spiro atoms. The monoisotopic (exact) mass is 307 g/mol. The summed E-state index contributed by atoms with van der Waals surface area (Å²) in [6.45, 7) is 2.28. The highest BCUT2D eigenvalue weighted by Gasteiger charge is 2.03. The van der Waals surface area contributed by atoms with Gasteiger partial charge in [-0.1, -0.05) is 101 Å². The number of hydrogen-bond donors (Lipinski definition) is 1. The van der Waals surface area contributed by atoms with Crippen LogP contribution in [0.1, 0.15) is 83.1 Å². The Hall–Kier alpha value is -0.860. The van der Waals surface area contributed by atoms with Crippen molar-refractivity contribution in [2.45, 2.75) is 90.0 Å². The molecular formula is C20H37NO. The molecule has 0 bridgehead atoms. The lowest BCUT2D eigenvalue weighted by Gasteiger charge is -2.11. The summed E-state index contributed by atoms with van der Waals surface area (Å²) in [6.07, 6.45) is 16.2. The van der Waals surface area contributed by atoms with E-state index in [0.717, 1.165) is 6.42 Å². The molecule has 1 aromatic carbocycles. The Bertz CT molecular complexity index is 326. The summed E-state index contributed by atoms with van der Waals surface area (Å²) in [5, 5.41) is 0. The van der Waals surface area contributed by atoms with Crippen LogP contribution in [0.25, 0.3) is 0 Å². The number of rotatable bonds is 13. The van der Waals surface area contributed by atoms with Gasteiger partial charge in [0, 0.05) is 6.04 Å². The standard InChI is InChI=1S/C20H35N.H2O/c1-2-3-4-5-6-7-8-9-10-14-17-20(21)18-19-15-12-11-13-16-19;/h11-13,15-16,20H,2-10,14,17-18,21H2,1H3;1H2. The fraction of sp³-hybridized carbons (Fsp3) is 0.700. The first kappa shape index (κ1) is 21.1. The maximum atomic E-state index is 6.21. The number of hydrogen-bond acceptors (Lipinski definition) is 1. The maximum absolute atomic E-state index is 6.21. The molecule has 0 fully saturated rings. The minimum Gasteiger partial charge on any atom is -0.412 e. The highest BCUT2D eigenvalue weighted by molar-refractivity contribution is 5.15. The quantitative estimate of drug-likeness (QED) is 0.510. The van der Waals surface area contributed by atoms with E-state index in [-0.39, 0.29) is 5.48 Å². The Morgan fingerprint density at radius 1 is 0.773 bits per heavy atom. The van der Waals surface area contributed by atoms with E-state index < -0.39 is 0 Å². The van der Waals surface area contributed by atoms with Gasteiger partial charge in [-0.05, 0) is 18.4 Å². The summed E-state index contributed by atoms with van der Waals surface area (Å²) < 4.78 is 0. The van der Waals surface area contributed by atoms with E-state index in [1.807, 2.05) is 0 Å². The van der Waals surface area contributed by atoms with Crippen LogP contribution < -0.4 is 5.73 Å². The summed E-state index contributed by atoms with van der Waals surface area (Å²) >= 11 is 0. The maximum Gasteiger partial charge on any atom is 0.00793 e. The highest BCUT2D eigenvalue weighted by Crippen LogP contribution is 2.13. The van der Waals surface area contributed by atoms with Crippen LogP contribution in [-0.2, 0) is 6.42 Å². The molecule has 0 saturated carbocycles. The minimum atomic E-state index is 0. The summed E-state index contributed by atoms with van der Waals surface area (Å²) in [7, 11) is 0. The molecule has 0 aliphatic heterocycles. The van der Waals surface area contributed by atoms with Crippen molar-refractivity contribution in [1.29, 1.82) is 0 Å². The molecule has 1 rings (SSSR count). The molecule has 1 atom stereocenters. The van der Waals surface area contributed by atoms with Crippen LogP contribution >= 0.6 is 0 Å². The molecule has 0 amide bonds. The molecule has 1 unspecified atom stereocenters. The van der Waals surface area contributed by atoms with E-state index in [1.165, 1.54) is 76.2 Å². The van der Waals surface area contributed by atoms with Crippen LogP contribution in [0.3, 0.4) is 0 Å². The largest absolute Gasteiger partial charge is 0.412 e. The van der Waals surface area contributed by atoms with E-state index in [0.29, 0.717) is 6.04 Å². The van der Waals surface area contributed by atoms with E-state index in [2.05, 4.69) is 37.3 Å². The molecule has 0 aliphatic carbocycles. The number of nitrogens with two attached hydrogens (primary N) is 1. The third-order valence-electron chi connectivity index (χ3n) is 4.27. The SMILES string of the molecule is CCCCCCCCCCCCC(N)Cc1ccccc1.O. The lowest BCUT2D eigenvalue weighted by atomic mass is 10.00. The average molecular weight is 308 g/mol. The summed E-state index contributed by atoms with van der Waals surface area (Å²) in [6, 6.07) is 11.0. The summed E-state index contributed by atoms with van der Waals surface area (Å²) in [5.74, 6) is 0. The zero-order valence-corrected chi connectivity index (χ0v) is 14.5. The molecule has 0 radical (unpaired) electrons. The van der Waals surface area contributed by atoms with Crippen LogP contribution in [-0.4, -0.2) is 11.5 Å². The predicted octanol–water partition coefficient (Wildman–Crippen LogP) is 5.04. The molecule has 0 aromatic heterocycles. The molecule has 2 heteroatoms. The number of unbranched alkanes of at least 4 members (excludes halogenated alkanes) is 9. The third-order valence-corrected chi connectivity index (χ3v) is 4.27. The predicted molar refractivity (Wildman–Crippen MR) is 98.2 cm³/mol. The molecule has 0 aliphatic rings. The van der Waals surface area contributed by atoms with Gasteiger partial charge in [0.2, 0.25) is 0 Å². The molecule has 2 nitrogen and oxygen atoms in total. The van der Waals surface area contributed by atoms with Gasteiger partial charge in [-0.3, -0.25) is 0 Å². The van der Waals surface area contributed by atoms with Crippen molar-refractivity contribution < 1.29 is 5.48 Å². The van der Waals surface area contributed by atoms with Gasteiger partial charge in [-0.2, -0.15) is 0 Å². The fourth-order valence-corrected chi connectivity index (χ4v) is 2.91. The molecule has 0 saturated heterocycles. The zero-order valence-electron chi connectivity index (χ0n) is 14.5. The lowest BCUT2D eigenvalue weighted by Crippen LogP contribution is -2.22. The second-order valence-electron chi connectivity index (χ2n) is 6.42. The first-order chi connectivity index (χ1) is 10.3. The van der Waals surface area contributed by atoms with Crippen LogP contribution in [0.4, 0.5) is 0 Å². The first-order valence-electron chi connectivity index (χ1n) is 9.12. The molecule has 22 heavy (non-hydrogen) atoms. The Morgan fingerprint density at radius 3 is 1.82 bits per heavy atom. The molecule has 0 heterocycles. The van der Waals surface area contributed by atoms with Gasteiger partial charge >= 0.3 is 0 Å². The van der Waals surface area contributed by atoms with Crippen molar-refractivity contribution >= 4 is 0 Å². The lowest BCUT2D eigenvalue weighted by molar-refractivity contribution is 0.520. The van der Waals surface area contributed by atoms with Crippen LogP contribution in [0.15, 0.2) is 30.3 Å². The Balaban J connectivity index is 0.00000441. The summed E-state index contributed by atoms with van der Waals surface area (Å²) in [5.41, 5.74) is 7.59. The van der Waals surface area contributed by atoms with Crippen molar-refractivity contribution in [2.24, 2.45) is 5.73 Å². The minimum absolute atomic E-state index is 0. The van der Waals surface area contributed by atoms with E-state index in [4.69, 9.17) is 5.73 Å². The van der Waals surface area contributed by atoms with Crippen molar-refractivity contribution in [2.75, 3.05) is 0 Å². The Labute approximate surface area is 137 Å². The summed E-state index contributed by atoms with van der Waals surface area (Å²) in [4.78, 5) is 0. The number of benzene rings is 1. The van der Waals surface area contributed by atoms with Crippen molar-refractivity contribution in [3.63, 3.8) is 0 Å². The normalized spacial score (nSPS) is 11.9. The van der Waals surface area contributed by atoms with Gasteiger partial charge in [-0.15, -0.1) is 0 Å². The van der Waals surface area contributed by atoms with Gasteiger partial charge in [0.05, 0.1) is 0 Å².